The Hall–Kier alpha value is -2.19. The van der Waals surface area contributed by atoms with E-state index in [1.54, 1.807) is 12.1 Å². The summed E-state index contributed by atoms with van der Waals surface area (Å²) in [6, 6.07) is 6.04. The monoisotopic (exact) mass is 363 g/mol. The lowest BCUT2D eigenvalue weighted by atomic mass is 10.0. The minimum Gasteiger partial charge on any atom is -0.370 e. The number of carbonyl (C=O) groups excluding carboxylic acids is 1. The first-order valence-corrected chi connectivity index (χ1v) is 8.96. The molecule has 0 aliphatic carbocycles. The lowest BCUT2D eigenvalue weighted by Crippen LogP contribution is -2.12. The van der Waals surface area contributed by atoms with E-state index in [0.717, 1.165) is 16.0 Å². The second-order valence-electron chi connectivity index (χ2n) is 5.16. The third-order valence-corrected chi connectivity index (χ3v) is 5.31. The summed E-state index contributed by atoms with van der Waals surface area (Å²) in [7, 11) is 0. The number of primary amides is 1. The molecule has 0 fully saturated rings. The quantitative estimate of drug-likeness (QED) is 0.539. The molecule has 0 bridgehead atoms. The Kier molecular flexibility index (Phi) is 4.68. The van der Waals surface area contributed by atoms with Gasteiger partial charge in [-0.2, -0.15) is 0 Å². The normalized spacial score (nSPS) is 11.1. The van der Waals surface area contributed by atoms with Gasteiger partial charge in [0.15, 0.2) is 5.16 Å². The SMILES string of the molecule is Cc1sc2nc(SCCC(N)=O)[nH]c(=O)c2c1-c1ccc(F)cc1. The Morgan fingerprint density at radius 3 is 2.75 bits per heavy atom. The number of hydrogen-bond acceptors (Lipinski definition) is 5. The Balaban J connectivity index is 2.03. The molecule has 0 aliphatic rings. The van der Waals surface area contributed by atoms with E-state index in [4.69, 9.17) is 5.73 Å². The first-order chi connectivity index (χ1) is 11.5. The zero-order valence-corrected chi connectivity index (χ0v) is 14.4. The van der Waals surface area contributed by atoms with Crippen molar-refractivity contribution in [2.24, 2.45) is 5.73 Å². The molecule has 3 aromatic rings. The van der Waals surface area contributed by atoms with Gasteiger partial charge in [-0.15, -0.1) is 11.3 Å². The standard InChI is InChI=1S/C16H14FN3O2S2/c1-8-12(9-2-4-10(17)5-3-9)13-14(22)19-16(20-15(13)24-8)23-7-6-11(18)21/h2-5H,6-7H2,1H3,(H2,18,21)(H,19,20,22). The van der Waals surface area contributed by atoms with Gasteiger partial charge in [-0.25, -0.2) is 9.37 Å². The summed E-state index contributed by atoms with van der Waals surface area (Å²) in [5.74, 6) is -0.258. The van der Waals surface area contributed by atoms with Gasteiger partial charge in [-0.05, 0) is 24.6 Å². The van der Waals surface area contributed by atoms with Crippen molar-refractivity contribution in [3.8, 4) is 11.1 Å². The number of amides is 1. The number of nitrogens with two attached hydrogens (primary N) is 1. The molecule has 2 heterocycles. The highest BCUT2D eigenvalue weighted by molar-refractivity contribution is 7.99. The average Bonchev–Trinajstić information content (AvgIpc) is 2.84. The fourth-order valence-corrected chi connectivity index (χ4v) is 4.30. The largest absolute Gasteiger partial charge is 0.370 e. The van der Waals surface area contributed by atoms with Crippen LogP contribution in [0.5, 0.6) is 0 Å². The van der Waals surface area contributed by atoms with Crippen LogP contribution < -0.4 is 11.3 Å². The highest BCUT2D eigenvalue weighted by Gasteiger charge is 2.16. The van der Waals surface area contributed by atoms with E-state index in [1.807, 2.05) is 6.92 Å². The van der Waals surface area contributed by atoms with Crippen LogP contribution >= 0.6 is 23.1 Å². The van der Waals surface area contributed by atoms with Crippen LogP contribution in [0.3, 0.4) is 0 Å². The Bertz CT molecular complexity index is 964. The van der Waals surface area contributed by atoms with Crippen molar-refractivity contribution < 1.29 is 9.18 Å². The molecule has 124 valence electrons. The van der Waals surface area contributed by atoms with E-state index in [0.29, 0.717) is 21.1 Å². The number of aromatic amines is 1. The maximum atomic E-state index is 13.1. The van der Waals surface area contributed by atoms with Gasteiger partial charge in [0.05, 0.1) is 5.39 Å². The molecule has 0 aliphatic heterocycles. The Morgan fingerprint density at radius 2 is 2.08 bits per heavy atom. The number of rotatable bonds is 5. The van der Waals surface area contributed by atoms with Gasteiger partial charge in [0, 0.05) is 22.6 Å². The fraction of sp³-hybridized carbons (Fsp3) is 0.188. The highest BCUT2D eigenvalue weighted by atomic mass is 32.2. The molecule has 0 atom stereocenters. The van der Waals surface area contributed by atoms with Gasteiger partial charge in [-0.3, -0.25) is 9.59 Å². The summed E-state index contributed by atoms with van der Waals surface area (Å²) in [6.07, 6.45) is 0.219. The summed E-state index contributed by atoms with van der Waals surface area (Å²) in [6.45, 7) is 1.91. The third-order valence-electron chi connectivity index (χ3n) is 3.44. The molecule has 2 aromatic heterocycles. The van der Waals surface area contributed by atoms with Gasteiger partial charge >= 0.3 is 0 Å². The number of thioether (sulfide) groups is 1. The molecule has 1 amide bonds. The van der Waals surface area contributed by atoms with Crippen molar-refractivity contribution in [2.45, 2.75) is 18.5 Å². The molecule has 0 spiro atoms. The van der Waals surface area contributed by atoms with Crippen LogP contribution in [0, 0.1) is 12.7 Å². The molecule has 0 unspecified atom stereocenters. The van der Waals surface area contributed by atoms with Crippen molar-refractivity contribution in [2.75, 3.05) is 5.75 Å². The summed E-state index contributed by atoms with van der Waals surface area (Å²) in [4.78, 5) is 32.0. The predicted octanol–water partition coefficient (Wildman–Crippen LogP) is 3.07. The van der Waals surface area contributed by atoms with Crippen molar-refractivity contribution in [1.29, 1.82) is 0 Å². The van der Waals surface area contributed by atoms with Crippen LogP contribution in [-0.4, -0.2) is 21.6 Å². The number of nitrogens with zero attached hydrogens (tertiary/aromatic N) is 1. The minimum atomic E-state index is -0.392. The van der Waals surface area contributed by atoms with Gasteiger partial charge in [0.1, 0.15) is 10.6 Å². The molecule has 8 heteroatoms. The number of nitrogens with one attached hydrogen (secondary N) is 1. The number of hydrogen-bond donors (Lipinski definition) is 2. The maximum Gasteiger partial charge on any atom is 0.260 e. The predicted molar refractivity (Wildman–Crippen MR) is 94.9 cm³/mol. The lowest BCUT2D eigenvalue weighted by molar-refractivity contribution is -0.117. The summed E-state index contributed by atoms with van der Waals surface area (Å²) in [5, 5.41) is 0.962. The van der Waals surface area contributed by atoms with E-state index in [9.17, 15) is 14.0 Å². The Labute approximate surface area is 145 Å². The van der Waals surface area contributed by atoms with Crippen LogP contribution in [0.15, 0.2) is 34.2 Å². The van der Waals surface area contributed by atoms with Crippen LogP contribution in [0.25, 0.3) is 21.3 Å². The maximum absolute atomic E-state index is 13.1. The first kappa shape index (κ1) is 16.7. The molecule has 0 saturated heterocycles. The van der Waals surface area contributed by atoms with Gasteiger partial charge < -0.3 is 10.7 Å². The van der Waals surface area contributed by atoms with Crippen molar-refractivity contribution in [3.63, 3.8) is 0 Å². The van der Waals surface area contributed by atoms with Gasteiger partial charge in [0.25, 0.3) is 5.56 Å². The number of halogens is 1. The average molecular weight is 363 g/mol. The Morgan fingerprint density at radius 1 is 1.38 bits per heavy atom. The highest BCUT2D eigenvalue weighted by Crippen LogP contribution is 2.36. The minimum absolute atomic E-state index is 0.219. The van der Waals surface area contributed by atoms with E-state index in [-0.39, 0.29) is 17.8 Å². The number of aromatic nitrogens is 2. The number of aryl methyl sites for hydroxylation is 1. The zero-order valence-electron chi connectivity index (χ0n) is 12.8. The molecular weight excluding hydrogens is 349 g/mol. The second-order valence-corrected chi connectivity index (χ2v) is 7.44. The fourth-order valence-electron chi connectivity index (χ4n) is 2.38. The van der Waals surface area contributed by atoms with Crippen LogP contribution in [-0.2, 0) is 4.79 Å². The van der Waals surface area contributed by atoms with Crippen LogP contribution in [0.4, 0.5) is 4.39 Å². The van der Waals surface area contributed by atoms with E-state index < -0.39 is 5.91 Å². The van der Waals surface area contributed by atoms with Crippen molar-refractivity contribution in [3.05, 3.63) is 45.3 Å². The molecule has 3 rings (SSSR count). The van der Waals surface area contributed by atoms with Gasteiger partial charge in [-0.1, -0.05) is 23.9 Å². The topological polar surface area (TPSA) is 88.8 Å². The molecule has 1 aromatic carbocycles. The van der Waals surface area contributed by atoms with E-state index in [1.165, 1.54) is 35.2 Å². The van der Waals surface area contributed by atoms with Crippen molar-refractivity contribution in [1.82, 2.24) is 9.97 Å². The zero-order chi connectivity index (χ0) is 17.3. The first-order valence-electron chi connectivity index (χ1n) is 7.16. The van der Waals surface area contributed by atoms with E-state index >= 15 is 0 Å². The number of carbonyl (C=O) groups is 1. The van der Waals surface area contributed by atoms with Crippen LogP contribution in [0.2, 0.25) is 0 Å². The number of thiophene rings is 1. The summed E-state index contributed by atoms with van der Waals surface area (Å²) in [5.41, 5.74) is 6.42. The molecule has 5 nitrogen and oxygen atoms in total. The summed E-state index contributed by atoms with van der Waals surface area (Å²) >= 11 is 2.70. The van der Waals surface area contributed by atoms with Crippen molar-refractivity contribution >= 4 is 39.2 Å². The number of fused-ring (bicyclic) bond motifs is 1. The number of H-pyrrole nitrogens is 1. The molecular formula is C16H14FN3O2S2. The lowest BCUT2D eigenvalue weighted by Gasteiger charge is -2.03. The molecule has 3 N–H and O–H groups in total. The number of benzene rings is 1. The smallest absolute Gasteiger partial charge is 0.260 e. The van der Waals surface area contributed by atoms with Gasteiger partial charge in [0.2, 0.25) is 5.91 Å². The second kappa shape index (κ2) is 6.74. The third kappa shape index (κ3) is 3.34. The van der Waals surface area contributed by atoms with Crippen LogP contribution in [0.1, 0.15) is 11.3 Å². The molecule has 0 saturated carbocycles. The van der Waals surface area contributed by atoms with E-state index in [2.05, 4.69) is 9.97 Å². The summed E-state index contributed by atoms with van der Waals surface area (Å²) < 4.78 is 13.1. The molecule has 0 radical (unpaired) electrons. The molecule has 24 heavy (non-hydrogen) atoms.